The van der Waals surface area contributed by atoms with E-state index < -0.39 is 18.0 Å². The van der Waals surface area contributed by atoms with Crippen LogP contribution in [0.1, 0.15) is 12.8 Å². The van der Waals surface area contributed by atoms with E-state index in [2.05, 4.69) is 5.32 Å². The third kappa shape index (κ3) is 3.54. The zero-order valence-corrected chi connectivity index (χ0v) is 8.93. The summed E-state index contributed by atoms with van der Waals surface area (Å²) < 4.78 is 0. The van der Waals surface area contributed by atoms with Crippen molar-refractivity contribution >= 4 is 12.0 Å². The van der Waals surface area contributed by atoms with Crippen molar-refractivity contribution < 1.29 is 19.8 Å². The zero-order chi connectivity index (χ0) is 12.0. The number of nitrogens with one attached hydrogen (secondary N) is 1. The molecule has 0 aliphatic carbocycles. The van der Waals surface area contributed by atoms with Gasteiger partial charge in [0.1, 0.15) is 6.04 Å². The van der Waals surface area contributed by atoms with E-state index in [0.717, 1.165) is 6.42 Å². The van der Waals surface area contributed by atoms with E-state index in [4.69, 9.17) is 10.2 Å². The van der Waals surface area contributed by atoms with Crippen LogP contribution in [0, 0.1) is 0 Å². The third-order valence-electron chi connectivity index (χ3n) is 2.36. The number of carbonyl (C=O) groups excluding carboxylic acids is 1. The number of carboxylic acids is 1. The topological polar surface area (TPSA) is 89.9 Å². The number of nitrogens with zero attached hydrogens (tertiary/aromatic N) is 1. The van der Waals surface area contributed by atoms with E-state index >= 15 is 0 Å². The summed E-state index contributed by atoms with van der Waals surface area (Å²) in [5.74, 6) is -1.13. The molecule has 0 fully saturated rings. The zero-order valence-electron chi connectivity index (χ0n) is 8.93. The highest BCUT2D eigenvalue weighted by Gasteiger charge is 2.22. The molecular formula is C10H16N2O4. The van der Waals surface area contributed by atoms with E-state index in [9.17, 15) is 9.59 Å². The lowest BCUT2D eigenvalue weighted by atomic mass is 10.2. The fraction of sp³-hybridized carbons (Fsp3) is 0.600. The molecule has 1 aliphatic heterocycles. The maximum atomic E-state index is 11.6. The number of hydrogen-bond donors (Lipinski definition) is 3. The van der Waals surface area contributed by atoms with Gasteiger partial charge < -0.3 is 20.4 Å². The van der Waals surface area contributed by atoms with Gasteiger partial charge in [-0.05, 0) is 6.42 Å². The van der Waals surface area contributed by atoms with Gasteiger partial charge in [-0.25, -0.2) is 9.59 Å². The van der Waals surface area contributed by atoms with Crippen LogP contribution in [-0.4, -0.2) is 52.9 Å². The first-order valence-corrected chi connectivity index (χ1v) is 5.19. The lowest BCUT2D eigenvalue weighted by Gasteiger charge is -2.25. The average molecular weight is 228 g/mol. The second kappa shape index (κ2) is 6.12. The summed E-state index contributed by atoms with van der Waals surface area (Å²) in [5, 5.41) is 19.8. The van der Waals surface area contributed by atoms with Crippen LogP contribution in [0.4, 0.5) is 4.79 Å². The van der Waals surface area contributed by atoms with Gasteiger partial charge >= 0.3 is 12.0 Å². The maximum Gasteiger partial charge on any atom is 0.326 e. The Labute approximate surface area is 93.5 Å². The van der Waals surface area contributed by atoms with E-state index in [1.165, 1.54) is 4.90 Å². The molecule has 0 aromatic rings. The summed E-state index contributed by atoms with van der Waals surface area (Å²) in [6, 6.07) is -1.42. The molecule has 3 N–H and O–H groups in total. The van der Waals surface area contributed by atoms with Gasteiger partial charge in [0.25, 0.3) is 0 Å². The van der Waals surface area contributed by atoms with Crippen LogP contribution in [0.3, 0.4) is 0 Å². The molecule has 0 aromatic heterocycles. The number of aliphatic hydroxyl groups excluding tert-OH is 1. The van der Waals surface area contributed by atoms with Crippen molar-refractivity contribution in [1.29, 1.82) is 0 Å². The number of rotatable bonds is 4. The molecule has 90 valence electrons. The minimum atomic E-state index is -1.13. The lowest BCUT2D eigenvalue weighted by molar-refractivity contribution is -0.139. The Bertz CT molecular complexity index is 291. The summed E-state index contributed by atoms with van der Waals surface area (Å²) in [5.41, 5.74) is 0. The molecule has 0 bridgehead atoms. The highest BCUT2D eigenvalue weighted by molar-refractivity contribution is 5.82. The predicted octanol–water partition coefficient (Wildman–Crippen LogP) is -0.206. The second-order valence-corrected chi connectivity index (χ2v) is 3.56. The normalized spacial score (nSPS) is 16.9. The minimum absolute atomic E-state index is 0.0186. The van der Waals surface area contributed by atoms with Gasteiger partial charge in [0.2, 0.25) is 0 Å². The van der Waals surface area contributed by atoms with Crippen molar-refractivity contribution in [1.82, 2.24) is 10.2 Å². The van der Waals surface area contributed by atoms with Gasteiger partial charge in [-0.2, -0.15) is 0 Å². The Morgan fingerprint density at radius 1 is 1.44 bits per heavy atom. The smallest absolute Gasteiger partial charge is 0.326 e. The first-order valence-electron chi connectivity index (χ1n) is 5.19. The van der Waals surface area contributed by atoms with Crippen LogP contribution in [0.2, 0.25) is 0 Å². The standard InChI is InChI=1S/C10H16N2O4/c13-7-4-8(9(14)15)11-10(16)12-5-2-1-3-6-12/h1-2,8,13H,3-7H2,(H,11,16)(H,14,15)/t8-/m1/s1. The van der Waals surface area contributed by atoms with Gasteiger partial charge in [0.05, 0.1) is 0 Å². The number of urea groups is 1. The van der Waals surface area contributed by atoms with Crippen molar-refractivity contribution in [3.63, 3.8) is 0 Å². The van der Waals surface area contributed by atoms with E-state index in [1.807, 2.05) is 12.2 Å². The Hall–Kier alpha value is -1.56. The molecule has 0 unspecified atom stereocenters. The SMILES string of the molecule is O=C(O)[C@@H](CCO)NC(=O)N1CC=CCC1. The molecule has 6 heteroatoms. The predicted molar refractivity (Wildman–Crippen MR) is 57.0 cm³/mol. The Balaban J connectivity index is 2.47. The Morgan fingerprint density at radius 2 is 2.19 bits per heavy atom. The number of carboxylic acid groups (broad SMARTS) is 1. The number of amides is 2. The quantitative estimate of drug-likeness (QED) is 0.581. The van der Waals surface area contributed by atoms with Crippen molar-refractivity contribution in [2.24, 2.45) is 0 Å². The summed E-state index contributed by atoms with van der Waals surface area (Å²) >= 11 is 0. The summed E-state index contributed by atoms with van der Waals surface area (Å²) in [6.07, 6.45) is 4.65. The molecule has 0 aromatic carbocycles. The first-order chi connectivity index (χ1) is 7.65. The van der Waals surface area contributed by atoms with E-state index in [-0.39, 0.29) is 13.0 Å². The second-order valence-electron chi connectivity index (χ2n) is 3.56. The highest BCUT2D eigenvalue weighted by Crippen LogP contribution is 2.02. The Morgan fingerprint density at radius 3 is 2.69 bits per heavy atom. The van der Waals surface area contributed by atoms with E-state index in [0.29, 0.717) is 13.1 Å². The molecular weight excluding hydrogens is 212 g/mol. The van der Waals surface area contributed by atoms with Crippen molar-refractivity contribution in [2.45, 2.75) is 18.9 Å². The fourth-order valence-electron chi connectivity index (χ4n) is 1.45. The van der Waals surface area contributed by atoms with Crippen LogP contribution >= 0.6 is 0 Å². The van der Waals surface area contributed by atoms with Crippen LogP contribution in [0.15, 0.2) is 12.2 Å². The highest BCUT2D eigenvalue weighted by atomic mass is 16.4. The summed E-state index contributed by atoms with van der Waals surface area (Å²) in [7, 11) is 0. The van der Waals surface area contributed by atoms with Crippen molar-refractivity contribution in [3.05, 3.63) is 12.2 Å². The number of carbonyl (C=O) groups is 2. The molecule has 1 heterocycles. The number of hydrogen-bond acceptors (Lipinski definition) is 3. The Kier molecular flexibility index (Phi) is 4.78. The molecule has 1 rings (SSSR count). The minimum Gasteiger partial charge on any atom is -0.480 e. The van der Waals surface area contributed by atoms with Crippen LogP contribution in [0.5, 0.6) is 0 Å². The molecule has 2 amide bonds. The number of aliphatic carboxylic acids is 1. The maximum absolute atomic E-state index is 11.6. The van der Waals surface area contributed by atoms with Crippen LogP contribution < -0.4 is 5.32 Å². The fourth-order valence-corrected chi connectivity index (χ4v) is 1.45. The molecule has 1 aliphatic rings. The van der Waals surface area contributed by atoms with E-state index in [1.54, 1.807) is 0 Å². The molecule has 0 radical (unpaired) electrons. The molecule has 6 nitrogen and oxygen atoms in total. The van der Waals surface area contributed by atoms with Crippen LogP contribution in [0.25, 0.3) is 0 Å². The van der Waals surface area contributed by atoms with Gasteiger partial charge in [-0.15, -0.1) is 0 Å². The first kappa shape index (κ1) is 12.5. The molecule has 1 atom stereocenters. The molecule has 0 saturated carbocycles. The lowest BCUT2D eigenvalue weighted by Crippen LogP contribution is -2.49. The van der Waals surface area contributed by atoms with Gasteiger partial charge in [0.15, 0.2) is 0 Å². The van der Waals surface area contributed by atoms with Crippen LogP contribution in [-0.2, 0) is 4.79 Å². The summed E-state index contributed by atoms with van der Waals surface area (Å²) in [6.45, 7) is 0.822. The number of aliphatic hydroxyl groups is 1. The monoisotopic (exact) mass is 228 g/mol. The van der Waals surface area contributed by atoms with Crippen molar-refractivity contribution in [3.8, 4) is 0 Å². The van der Waals surface area contributed by atoms with Gasteiger partial charge in [0, 0.05) is 26.1 Å². The molecule has 0 saturated heterocycles. The molecule has 0 spiro atoms. The third-order valence-corrected chi connectivity index (χ3v) is 2.36. The summed E-state index contributed by atoms with van der Waals surface area (Å²) in [4.78, 5) is 23.9. The van der Waals surface area contributed by atoms with Crippen molar-refractivity contribution in [2.75, 3.05) is 19.7 Å². The van der Waals surface area contributed by atoms with Gasteiger partial charge in [-0.1, -0.05) is 12.2 Å². The largest absolute Gasteiger partial charge is 0.480 e. The average Bonchev–Trinajstić information content (AvgIpc) is 2.29. The van der Waals surface area contributed by atoms with Gasteiger partial charge in [-0.3, -0.25) is 0 Å². The molecule has 16 heavy (non-hydrogen) atoms.